The first-order valence-corrected chi connectivity index (χ1v) is 7.88. The third-order valence-electron chi connectivity index (χ3n) is 5.33. The normalized spacial score (nSPS) is 26.2. The Morgan fingerprint density at radius 2 is 2.10 bits per heavy atom. The van der Waals surface area contributed by atoms with Gasteiger partial charge in [-0.1, -0.05) is 44.0 Å². The predicted octanol–water partition coefficient (Wildman–Crippen LogP) is 3.10. The van der Waals surface area contributed by atoms with Gasteiger partial charge in [-0.05, 0) is 42.2 Å². The number of nitrogens with two attached hydrogens (primary N) is 1. The van der Waals surface area contributed by atoms with Gasteiger partial charge < -0.3 is 4.74 Å². The molecule has 3 rings (SSSR count). The average molecular weight is 274 g/mol. The molecule has 0 saturated heterocycles. The second kappa shape index (κ2) is 5.84. The molecule has 0 radical (unpaired) electrons. The third kappa shape index (κ3) is 2.62. The molecule has 1 fully saturated rings. The van der Waals surface area contributed by atoms with Crippen LogP contribution in [0, 0.1) is 5.41 Å². The molecule has 0 aromatic heterocycles. The van der Waals surface area contributed by atoms with Crippen LogP contribution in [0.4, 0.5) is 0 Å². The number of benzene rings is 1. The third-order valence-corrected chi connectivity index (χ3v) is 5.33. The summed E-state index contributed by atoms with van der Waals surface area (Å²) in [4.78, 5) is 0. The van der Waals surface area contributed by atoms with Crippen LogP contribution in [0.15, 0.2) is 24.3 Å². The van der Waals surface area contributed by atoms with E-state index >= 15 is 0 Å². The topological polar surface area (TPSA) is 47.3 Å². The highest BCUT2D eigenvalue weighted by Gasteiger charge is 2.38. The van der Waals surface area contributed by atoms with Gasteiger partial charge in [0.05, 0.1) is 12.7 Å². The van der Waals surface area contributed by atoms with Gasteiger partial charge in [0, 0.05) is 6.04 Å². The Morgan fingerprint density at radius 3 is 2.85 bits per heavy atom. The van der Waals surface area contributed by atoms with Crippen LogP contribution >= 0.6 is 0 Å². The summed E-state index contributed by atoms with van der Waals surface area (Å²) < 4.78 is 6.05. The van der Waals surface area contributed by atoms with Crippen LogP contribution in [-0.4, -0.2) is 12.6 Å². The standard InChI is InChI=1S/C17H26N2O/c1-17(9-4-5-10-17)16(19-18)12-15-14-7-3-2-6-13(14)8-11-20-15/h2-3,6-7,15-16,19H,4-5,8-12,18H2,1H3. The number of hydrogen-bond donors (Lipinski definition) is 2. The molecule has 2 unspecified atom stereocenters. The lowest BCUT2D eigenvalue weighted by Gasteiger charge is -2.37. The monoisotopic (exact) mass is 274 g/mol. The first-order valence-electron chi connectivity index (χ1n) is 7.88. The molecule has 3 N–H and O–H groups in total. The smallest absolute Gasteiger partial charge is 0.0843 e. The predicted molar refractivity (Wildman–Crippen MR) is 81.1 cm³/mol. The molecule has 1 aromatic carbocycles. The van der Waals surface area contributed by atoms with Gasteiger partial charge in [0.2, 0.25) is 0 Å². The van der Waals surface area contributed by atoms with Crippen LogP contribution < -0.4 is 11.3 Å². The maximum absolute atomic E-state index is 6.05. The van der Waals surface area contributed by atoms with E-state index in [0.717, 1.165) is 19.4 Å². The molecule has 3 heteroatoms. The zero-order chi connectivity index (χ0) is 14.0. The van der Waals surface area contributed by atoms with Crippen molar-refractivity contribution in [2.24, 2.45) is 11.3 Å². The fraction of sp³-hybridized carbons (Fsp3) is 0.647. The first kappa shape index (κ1) is 14.1. The number of rotatable bonds is 4. The molecule has 3 nitrogen and oxygen atoms in total. The van der Waals surface area contributed by atoms with Gasteiger partial charge in [-0.3, -0.25) is 11.3 Å². The van der Waals surface area contributed by atoms with E-state index in [0.29, 0.717) is 11.5 Å². The summed E-state index contributed by atoms with van der Waals surface area (Å²) in [5.74, 6) is 5.87. The molecule has 0 spiro atoms. The summed E-state index contributed by atoms with van der Waals surface area (Å²) in [6.45, 7) is 3.20. The Bertz CT molecular complexity index is 454. The lowest BCUT2D eigenvalue weighted by molar-refractivity contribution is 0.0160. The molecule has 1 saturated carbocycles. The molecule has 2 aliphatic rings. The Kier molecular flexibility index (Phi) is 4.11. The summed E-state index contributed by atoms with van der Waals surface area (Å²) >= 11 is 0. The van der Waals surface area contributed by atoms with E-state index in [4.69, 9.17) is 10.6 Å². The molecular formula is C17H26N2O. The molecule has 0 bridgehead atoms. The van der Waals surface area contributed by atoms with Crippen LogP contribution in [0.25, 0.3) is 0 Å². The SMILES string of the molecule is CC1(C(CC2OCCc3ccccc32)NN)CCCC1. The van der Waals surface area contributed by atoms with Gasteiger partial charge in [0.15, 0.2) is 0 Å². The van der Waals surface area contributed by atoms with Crippen molar-refractivity contribution < 1.29 is 4.74 Å². The van der Waals surface area contributed by atoms with Crippen molar-refractivity contribution in [2.45, 2.75) is 57.6 Å². The van der Waals surface area contributed by atoms with Gasteiger partial charge in [-0.25, -0.2) is 0 Å². The molecular weight excluding hydrogens is 248 g/mol. The van der Waals surface area contributed by atoms with Crippen LogP contribution in [0.1, 0.15) is 56.3 Å². The minimum absolute atomic E-state index is 0.193. The van der Waals surface area contributed by atoms with E-state index in [1.54, 1.807) is 0 Å². The van der Waals surface area contributed by atoms with Gasteiger partial charge >= 0.3 is 0 Å². The Morgan fingerprint density at radius 1 is 1.35 bits per heavy atom. The fourth-order valence-corrected chi connectivity index (χ4v) is 3.97. The van der Waals surface area contributed by atoms with Crippen molar-refractivity contribution in [3.05, 3.63) is 35.4 Å². The lowest BCUT2D eigenvalue weighted by Crippen LogP contribution is -2.47. The Hall–Kier alpha value is -0.900. The highest BCUT2D eigenvalue weighted by atomic mass is 16.5. The summed E-state index contributed by atoms with van der Waals surface area (Å²) in [6, 6.07) is 9.01. The minimum Gasteiger partial charge on any atom is -0.373 e. The number of hydrogen-bond acceptors (Lipinski definition) is 3. The molecule has 1 heterocycles. The van der Waals surface area contributed by atoms with E-state index in [-0.39, 0.29) is 6.10 Å². The van der Waals surface area contributed by atoms with Gasteiger partial charge in [-0.2, -0.15) is 0 Å². The second-order valence-corrected chi connectivity index (χ2v) is 6.62. The summed E-state index contributed by atoms with van der Waals surface area (Å²) in [7, 11) is 0. The lowest BCUT2D eigenvalue weighted by atomic mass is 9.77. The summed E-state index contributed by atoms with van der Waals surface area (Å²) in [5, 5.41) is 0. The van der Waals surface area contributed by atoms with E-state index in [9.17, 15) is 0 Å². The zero-order valence-electron chi connectivity index (χ0n) is 12.4. The second-order valence-electron chi connectivity index (χ2n) is 6.62. The molecule has 110 valence electrons. The highest BCUT2D eigenvalue weighted by Crippen LogP contribution is 2.44. The number of ether oxygens (including phenoxy) is 1. The van der Waals surface area contributed by atoms with E-state index in [1.165, 1.54) is 36.8 Å². The van der Waals surface area contributed by atoms with Gasteiger partial charge in [-0.15, -0.1) is 0 Å². The zero-order valence-corrected chi connectivity index (χ0v) is 12.4. The Balaban J connectivity index is 1.77. The molecule has 1 aromatic rings. The Labute approximate surface area is 121 Å². The summed E-state index contributed by atoms with van der Waals surface area (Å²) in [6.07, 6.45) is 7.41. The van der Waals surface area contributed by atoms with E-state index in [2.05, 4.69) is 36.6 Å². The molecule has 1 aliphatic carbocycles. The molecule has 0 amide bonds. The van der Waals surface area contributed by atoms with Crippen molar-refractivity contribution in [3.8, 4) is 0 Å². The summed E-state index contributed by atoms with van der Waals surface area (Å²) in [5.41, 5.74) is 6.21. The maximum atomic E-state index is 6.05. The highest BCUT2D eigenvalue weighted by molar-refractivity contribution is 5.31. The first-order chi connectivity index (χ1) is 9.73. The quantitative estimate of drug-likeness (QED) is 0.655. The van der Waals surface area contributed by atoms with Gasteiger partial charge in [0.1, 0.15) is 0 Å². The van der Waals surface area contributed by atoms with Crippen molar-refractivity contribution >= 4 is 0 Å². The molecule has 20 heavy (non-hydrogen) atoms. The molecule has 1 aliphatic heterocycles. The average Bonchev–Trinajstić information content (AvgIpc) is 2.92. The number of fused-ring (bicyclic) bond motifs is 1. The maximum Gasteiger partial charge on any atom is 0.0843 e. The van der Waals surface area contributed by atoms with Crippen molar-refractivity contribution in [1.82, 2.24) is 5.43 Å². The number of nitrogens with one attached hydrogen (secondary N) is 1. The van der Waals surface area contributed by atoms with Crippen LogP contribution in [-0.2, 0) is 11.2 Å². The van der Waals surface area contributed by atoms with E-state index < -0.39 is 0 Å². The number of hydrazine groups is 1. The van der Waals surface area contributed by atoms with Crippen LogP contribution in [0.2, 0.25) is 0 Å². The fourth-order valence-electron chi connectivity index (χ4n) is 3.97. The van der Waals surface area contributed by atoms with E-state index in [1.807, 2.05) is 0 Å². The van der Waals surface area contributed by atoms with Gasteiger partial charge in [0.25, 0.3) is 0 Å². The van der Waals surface area contributed by atoms with Crippen molar-refractivity contribution in [2.75, 3.05) is 6.61 Å². The molecule has 2 atom stereocenters. The van der Waals surface area contributed by atoms with Crippen molar-refractivity contribution in [1.29, 1.82) is 0 Å². The van der Waals surface area contributed by atoms with Crippen LogP contribution in [0.5, 0.6) is 0 Å². The largest absolute Gasteiger partial charge is 0.373 e. The van der Waals surface area contributed by atoms with Crippen molar-refractivity contribution in [3.63, 3.8) is 0 Å². The van der Waals surface area contributed by atoms with Crippen LogP contribution in [0.3, 0.4) is 0 Å². The minimum atomic E-state index is 0.193.